The third-order valence-corrected chi connectivity index (χ3v) is 3.87. The van der Waals surface area contributed by atoms with Crippen LogP contribution in [0.4, 0.5) is 5.69 Å². The van der Waals surface area contributed by atoms with Crippen LogP contribution in [0.1, 0.15) is 20.8 Å². The standard InChI is InChI=1S/C14H16N2O2S/c1-9-10(4-3-5-12(9)15)7-16-14(17)13-6-11(18-2)8-19-13/h3-6,8H,7,15H2,1-2H3,(H,16,17). The van der Waals surface area contributed by atoms with Crippen LogP contribution in [-0.2, 0) is 6.54 Å². The third-order valence-electron chi connectivity index (χ3n) is 2.96. The van der Waals surface area contributed by atoms with Gasteiger partial charge in [0.05, 0.1) is 12.0 Å². The fourth-order valence-electron chi connectivity index (χ4n) is 1.70. The molecule has 0 unspecified atom stereocenters. The Morgan fingerprint density at radius 2 is 2.26 bits per heavy atom. The highest BCUT2D eigenvalue weighted by Gasteiger charge is 2.10. The Labute approximate surface area is 116 Å². The van der Waals surface area contributed by atoms with Crippen LogP contribution < -0.4 is 15.8 Å². The molecule has 0 saturated heterocycles. The average molecular weight is 276 g/mol. The number of rotatable bonds is 4. The molecular weight excluding hydrogens is 260 g/mol. The Bertz CT molecular complexity index is 593. The Morgan fingerprint density at radius 1 is 1.47 bits per heavy atom. The van der Waals surface area contributed by atoms with Crippen molar-refractivity contribution in [2.45, 2.75) is 13.5 Å². The molecule has 1 aromatic carbocycles. The molecule has 0 aliphatic rings. The minimum absolute atomic E-state index is 0.102. The van der Waals surface area contributed by atoms with Gasteiger partial charge in [-0.3, -0.25) is 4.79 Å². The molecule has 2 aromatic rings. The molecule has 100 valence electrons. The highest BCUT2D eigenvalue weighted by molar-refractivity contribution is 7.12. The predicted molar refractivity (Wildman–Crippen MR) is 77.6 cm³/mol. The number of carbonyl (C=O) groups is 1. The summed E-state index contributed by atoms with van der Waals surface area (Å²) in [7, 11) is 1.58. The van der Waals surface area contributed by atoms with Crippen LogP contribution in [0.5, 0.6) is 5.75 Å². The summed E-state index contributed by atoms with van der Waals surface area (Å²) in [6, 6.07) is 7.43. The molecule has 0 radical (unpaired) electrons. The van der Waals surface area contributed by atoms with E-state index in [1.807, 2.05) is 25.1 Å². The van der Waals surface area contributed by atoms with E-state index >= 15 is 0 Å². The molecule has 0 atom stereocenters. The van der Waals surface area contributed by atoms with Gasteiger partial charge in [-0.25, -0.2) is 0 Å². The number of amides is 1. The summed E-state index contributed by atoms with van der Waals surface area (Å²) in [6.07, 6.45) is 0. The maximum absolute atomic E-state index is 12.0. The van der Waals surface area contributed by atoms with Crippen molar-refractivity contribution in [3.05, 3.63) is 45.6 Å². The molecule has 2 rings (SSSR count). The molecule has 1 aromatic heterocycles. The van der Waals surface area contributed by atoms with Crippen molar-refractivity contribution in [3.63, 3.8) is 0 Å². The normalized spacial score (nSPS) is 10.2. The fourth-order valence-corrected chi connectivity index (χ4v) is 2.47. The molecule has 0 spiro atoms. The number of benzene rings is 1. The molecular formula is C14H16N2O2S. The molecule has 1 amide bonds. The first kappa shape index (κ1) is 13.4. The lowest BCUT2D eigenvalue weighted by Crippen LogP contribution is -2.22. The summed E-state index contributed by atoms with van der Waals surface area (Å²) in [4.78, 5) is 12.6. The SMILES string of the molecule is COc1csc(C(=O)NCc2cccc(N)c2C)c1. The number of ether oxygens (including phenoxy) is 1. The molecule has 19 heavy (non-hydrogen) atoms. The number of hydrogen-bond donors (Lipinski definition) is 2. The number of thiophene rings is 1. The summed E-state index contributed by atoms with van der Waals surface area (Å²) in [5, 5.41) is 4.69. The van der Waals surface area contributed by atoms with Gasteiger partial charge in [0.2, 0.25) is 0 Å². The van der Waals surface area contributed by atoms with E-state index in [0.29, 0.717) is 17.2 Å². The van der Waals surface area contributed by atoms with Gasteiger partial charge >= 0.3 is 0 Å². The first-order chi connectivity index (χ1) is 9.11. The largest absolute Gasteiger partial charge is 0.496 e. The van der Waals surface area contributed by atoms with E-state index in [-0.39, 0.29) is 5.91 Å². The third kappa shape index (κ3) is 3.06. The highest BCUT2D eigenvalue weighted by Crippen LogP contribution is 2.21. The number of methoxy groups -OCH3 is 1. The minimum atomic E-state index is -0.102. The molecule has 0 saturated carbocycles. The zero-order chi connectivity index (χ0) is 13.8. The van der Waals surface area contributed by atoms with E-state index in [2.05, 4.69) is 5.32 Å². The topological polar surface area (TPSA) is 64.3 Å². The summed E-state index contributed by atoms with van der Waals surface area (Å²) in [5.41, 5.74) is 8.60. The number of nitrogens with one attached hydrogen (secondary N) is 1. The lowest BCUT2D eigenvalue weighted by molar-refractivity contribution is 0.0954. The van der Waals surface area contributed by atoms with Crippen LogP contribution in [0.2, 0.25) is 0 Å². The van der Waals surface area contributed by atoms with Gasteiger partial charge in [-0.2, -0.15) is 0 Å². The van der Waals surface area contributed by atoms with Crippen molar-refractivity contribution >= 4 is 22.9 Å². The predicted octanol–water partition coefficient (Wildman–Crippen LogP) is 2.58. The first-order valence-electron chi connectivity index (χ1n) is 5.86. The van der Waals surface area contributed by atoms with Crippen molar-refractivity contribution in [1.29, 1.82) is 0 Å². The zero-order valence-corrected chi connectivity index (χ0v) is 11.7. The first-order valence-corrected chi connectivity index (χ1v) is 6.74. The second-order valence-corrected chi connectivity index (χ2v) is 5.08. The van der Waals surface area contributed by atoms with Crippen molar-refractivity contribution in [3.8, 4) is 5.75 Å². The molecule has 0 aliphatic carbocycles. The number of nitrogens with two attached hydrogens (primary N) is 1. The van der Waals surface area contributed by atoms with E-state index in [1.54, 1.807) is 18.6 Å². The van der Waals surface area contributed by atoms with Crippen LogP contribution in [0, 0.1) is 6.92 Å². The van der Waals surface area contributed by atoms with Crippen LogP contribution >= 0.6 is 11.3 Å². The quantitative estimate of drug-likeness (QED) is 0.844. The van der Waals surface area contributed by atoms with Crippen molar-refractivity contribution in [1.82, 2.24) is 5.32 Å². The molecule has 0 bridgehead atoms. The lowest BCUT2D eigenvalue weighted by Gasteiger charge is -2.09. The van der Waals surface area contributed by atoms with Gasteiger partial charge in [0.15, 0.2) is 0 Å². The Morgan fingerprint density at radius 3 is 2.95 bits per heavy atom. The number of anilines is 1. The second-order valence-electron chi connectivity index (χ2n) is 4.16. The van der Waals surface area contributed by atoms with E-state index in [0.717, 1.165) is 16.8 Å². The van der Waals surface area contributed by atoms with Crippen LogP contribution in [-0.4, -0.2) is 13.0 Å². The van der Waals surface area contributed by atoms with E-state index in [1.165, 1.54) is 11.3 Å². The Balaban J connectivity index is 2.02. The van der Waals surface area contributed by atoms with Crippen molar-refractivity contribution in [2.75, 3.05) is 12.8 Å². The van der Waals surface area contributed by atoms with Gasteiger partial charge in [0.25, 0.3) is 5.91 Å². The van der Waals surface area contributed by atoms with Gasteiger partial charge in [-0.15, -0.1) is 11.3 Å². The summed E-state index contributed by atoms with van der Waals surface area (Å²) < 4.78 is 5.06. The van der Waals surface area contributed by atoms with Crippen LogP contribution in [0.3, 0.4) is 0 Å². The van der Waals surface area contributed by atoms with E-state index < -0.39 is 0 Å². The molecule has 0 fully saturated rings. The smallest absolute Gasteiger partial charge is 0.261 e. The molecule has 0 aliphatic heterocycles. The summed E-state index contributed by atoms with van der Waals surface area (Å²) >= 11 is 1.36. The van der Waals surface area contributed by atoms with Gasteiger partial charge in [-0.1, -0.05) is 12.1 Å². The van der Waals surface area contributed by atoms with Crippen LogP contribution in [0.25, 0.3) is 0 Å². The Hall–Kier alpha value is -2.01. The van der Waals surface area contributed by atoms with Gasteiger partial charge in [0, 0.05) is 23.7 Å². The Kier molecular flexibility index (Phi) is 4.06. The fraction of sp³-hybridized carbons (Fsp3) is 0.214. The number of hydrogen-bond acceptors (Lipinski definition) is 4. The minimum Gasteiger partial charge on any atom is -0.496 e. The van der Waals surface area contributed by atoms with Gasteiger partial charge in [-0.05, 0) is 24.1 Å². The van der Waals surface area contributed by atoms with Gasteiger partial charge in [0.1, 0.15) is 5.75 Å². The average Bonchev–Trinajstić information content (AvgIpc) is 2.89. The zero-order valence-electron chi connectivity index (χ0n) is 10.9. The number of nitrogen functional groups attached to an aromatic ring is 1. The highest BCUT2D eigenvalue weighted by atomic mass is 32.1. The van der Waals surface area contributed by atoms with E-state index in [4.69, 9.17) is 10.5 Å². The number of carbonyl (C=O) groups excluding carboxylic acids is 1. The molecule has 5 heteroatoms. The maximum Gasteiger partial charge on any atom is 0.261 e. The molecule has 4 nitrogen and oxygen atoms in total. The maximum atomic E-state index is 12.0. The summed E-state index contributed by atoms with van der Waals surface area (Å²) in [6.45, 7) is 2.42. The van der Waals surface area contributed by atoms with Gasteiger partial charge < -0.3 is 15.8 Å². The summed E-state index contributed by atoms with van der Waals surface area (Å²) in [5.74, 6) is 0.602. The van der Waals surface area contributed by atoms with E-state index in [9.17, 15) is 4.79 Å². The van der Waals surface area contributed by atoms with Crippen molar-refractivity contribution in [2.24, 2.45) is 0 Å². The second kappa shape index (κ2) is 5.75. The van der Waals surface area contributed by atoms with Crippen LogP contribution in [0.15, 0.2) is 29.6 Å². The monoisotopic (exact) mass is 276 g/mol. The lowest BCUT2D eigenvalue weighted by atomic mass is 10.1. The molecule has 1 heterocycles. The van der Waals surface area contributed by atoms with Crippen molar-refractivity contribution < 1.29 is 9.53 Å². The molecule has 3 N–H and O–H groups in total.